The van der Waals surface area contributed by atoms with Crippen LogP contribution >= 0.6 is 0 Å². The van der Waals surface area contributed by atoms with Gasteiger partial charge in [-0.05, 0) is 37.1 Å². The van der Waals surface area contributed by atoms with E-state index in [9.17, 15) is 4.79 Å². The van der Waals surface area contributed by atoms with Crippen molar-refractivity contribution in [3.63, 3.8) is 0 Å². The molecule has 0 bridgehead atoms. The number of furan rings is 1. The third kappa shape index (κ3) is 2.38. The van der Waals surface area contributed by atoms with Crippen LogP contribution in [0.1, 0.15) is 33.0 Å². The molecule has 0 aliphatic rings. The van der Waals surface area contributed by atoms with Crippen molar-refractivity contribution in [2.45, 2.75) is 27.2 Å². The predicted molar refractivity (Wildman–Crippen MR) is 84.9 cm³/mol. The lowest BCUT2D eigenvalue weighted by molar-refractivity contribution is 0.0991. The van der Waals surface area contributed by atoms with Gasteiger partial charge in [0.15, 0.2) is 5.78 Å². The van der Waals surface area contributed by atoms with Crippen molar-refractivity contribution in [1.29, 1.82) is 0 Å². The number of rotatable bonds is 3. The molecule has 0 saturated heterocycles. The first-order valence-corrected chi connectivity index (χ1v) is 7.14. The Morgan fingerprint density at radius 3 is 2.38 bits per heavy atom. The summed E-state index contributed by atoms with van der Waals surface area (Å²) in [4.78, 5) is 12.7. The van der Waals surface area contributed by atoms with Gasteiger partial charge in [-0.25, -0.2) is 0 Å². The SMILES string of the molecule is Cc1oc(C)c(C(=O)Cc2cccc3ccccc23)c1C. The molecule has 2 heteroatoms. The smallest absolute Gasteiger partial charge is 0.171 e. The molecule has 0 fully saturated rings. The number of aryl methyl sites for hydroxylation is 2. The van der Waals surface area contributed by atoms with Crippen LogP contribution in [0.25, 0.3) is 10.8 Å². The molecule has 0 spiro atoms. The molecule has 0 radical (unpaired) electrons. The molecule has 3 rings (SSSR count). The third-order valence-electron chi connectivity index (χ3n) is 4.07. The quantitative estimate of drug-likeness (QED) is 0.645. The summed E-state index contributed by atoms with van der Waals surface area (Å²) in [5.74, 6) is 1.67. The van der Waals surface area contributed by atoms with E-state index in [2.05, 4.69) is 18.2 Å². The topological polar surface area (TPSA) is 30.2 Å². The number of carbonyl (C=O) groups excluding carboxylic acids is 1. The van der Waals surface area contributed by atoms with Gasteiger partial charge in [-0.2, -0.15) is 0 Å². The van der Waals surface area contributed by atoms with Gasteiger partial charge in [-0.1, -0.05) is 42.5 Å². The molecule has 1 heterocycles. The zero-order chi connectivity index (χ0) is 15.0. The summed E-state index contributed by atoms with van der Waals surface area (Å²) in [5, 5.41) is 2.31. The Morgan fingerprint density at radius 1 is 0.952 bits per heavy atom. The minimum atomic E-state index is 0.123. The van der Waals surface area contributed by atoms with Crippen LogP contribution in [-0.4, -0.2) is 5.78 Å². The van der Waals surface area contributed by atoms with E-state index in [0.29, 0.717) is 6.42 Å². The summed E-state index contributed by atoms with van der Waals surface area (Å²) in [7, 11) is 0. The van der Waals surface area contributed by atoms with Crippen LogP contribution in [0.2, 0.25) is 0 Å². The number of benzene rings is 2. The molecular formula is C19H18O2. The summed E-state index contributed by atoms with van der Waals surface area (Å²) < 4.78 is 5.57. The van der Waals surface area contributed by atoms with Crippen molar-refractivity contribution in [3.05, 3.63) is 70.7 Å². The molecular weight excluding hydrogens is 260 g/mol. The van der Waals surface area contributed by atoms with Crippen LogP contribution in [0, 0.1) is 20.8 Å². The lowest BCUT2D eigenvalue weighted by Gasteiger charge is -2.06. The summed E-state index contributed by atoms with van der Waals surface area (Å²) in [6, 6.07) is 14.3. The summed E-state index contributed by atoms with van der Waals surface area (Å²) in [5.41, 5.74) is 2.76. The number of hydrogen-bond acceptors (Lipinski definition) is 2. The second-order valence-corrected chi connectivity index (χ2v) is 5.45. The highest BCUT2D eigenvalue weighted by Gasteiger charge is 2.19. The maximum Gasteiger partial charge on any atom is 0.171 e. The van der Waals surface area contributed by atoms with Crippen LogP contribution < -0.4 is 0 Å². The average molecular weight is 278 g/mol. The molecule has 1 aromatic heterocycles. The van der Waals surface area contributed by atoms with Gasteiger partial charge in [0.05, 0.1) is 5.56 Å². The van der Waals surface area contributed by atoms with Gasteiger partial charge >= 0.3 is 0 Å². The van der Waals surface area contributed by atoms with E-state index >= 15 is 0 Å². The van der Waals surface area contributed by atoms with Gasteiger partial charge < -0.3 is 4.42 Å². The number of fused-ring (bicyclic) bond motifs is 1. The standard InChI is InChI=1S/C19H18O2/c1-12-13(2)21-14(3)19(12)18(20)11-16-9-6-8-15-7-4-5-10-17(15)16/h4-10H,11H2,1-3H3. The van der Waals surface area contributed by atoms with Crippen molar-refractivity contribution in [3.8, 4) is 0 Å². The number of ketones is 1. The number of Topliss-reactive ketones (excluding diaryl/α,β-unsaturated/α-hetero) is 1. The monoisotopic (exact) mass is 278 g/mol. The fraction of sp³-hybridized carbons (Fsp3) is 0.211. The molecule has 2 nitrogen and oxygen atoms in total. The maximum atomic E-state index is 12.7. The Labute approximate surface area is 124 Å². The highest BCUT2D eigenvalue weighted by Crippen LogP contribution is 2.25. The normalized spacial score (nSPS) is 11.0. The van der Waals surface area contributed by atoms with Crippen LogP contribution in [0.15, 0.2) is 46.9 Å². The predicted octanol–water partition coefficient (Wildman–Crippen LogP) is 4.78. The summed E-state index contributed by atoms with van der Waals surface area (Å²) >= 11 is 0. The van der Waals surface area contributed by atoms with E-state index in [-0.39, 0.29) is 5.78 Å². The summed E-state index contributed by atoms with van der Waals surface area (Å²) in [6.45, 7) is 5.70. The average Bonchev–Trinajstić information content (AvgIpc) is 2.72. The van der Waals surface area contributed by atoms with E-state index in [1.54, 1.807) is 0 Å². The van der Waals surface area contributed by atoms with Gasteiger partial charge in [0.2, 0.25) is 0 Å². The van der Waals surface area contributed by atoms with E-state index in [4.69, 9.17) is 4.42 Å². The third-order valence-corrected chi connectivity index (χ3v) is 4.07. The van der Waals surface area contributed by atoms with E-state index in [1.807, 2.05) is 45.0 Å². The Balaban J connectivity index is 2.01. The molecule has 2 aromatic carbocycles. The zero-order valence-corrected chi connectivity index (χ0v) is 12.6. The van der Waals surface area contributed by atoms with Gasteiger partial charge in [0, 0.05) is 12.0 Å². The Hall–Kier alpha value is -2.35. The second-order valence-electron chi connectivity index (χ2n) is 5.45. The largest absolute Gasteiger partial charge is 0.466 e. The maximum absolute atomic E-state index is 12.7. The minimum Gasteiger partial charge on any atom is -0.466 e. The first-order valence-electron chi connectivity index (χ1n) is 7.14. The van der Waals surface area contributed by atoms with Gasteiger partial charge in [-0.3, -0.25) is 4.79 Å². The van der Waals surface area contributed by atoms with E-state index in [0.717, 1.165) is 33.6 Å². The van der Waals surface area contributed by atoms with Gasteiger partial charge in [0.1, 0.15) is 11.5 Å². The van der Waals surface area contributed by atoms with Crippen molar-refractivity contribution < 1.29 is 9.21 Å². The summed E-state index contributed by atoms with van der Waals surface area (Å²) in [6.07, 6.45) is 0.405. The molecule has 0 unspecified atom stereocenters. The highest BCUT2D eigenvalue weighted by molar-refractivity contribution is 6.02. The fourth-order valence-electron chi connectivity index (χ4n) is 2.91. The first kappa shape index (κ1) is 13.6. The van der Waals surface area contributed by atoms with Gasteiger partial charge in [-0.15, -0.1) is 0 Å². The first-order chi connectivity index (χ1) is 10.1. The molecule has 0 N–H and O–H groups in total. The molecule has 21 heavy (non-hydrogen) atoms. The molecule has 3 aromatic rings. The van der Waals surface area contributed by atoms with Crippen LogP contribution in [0.3, 0.4) is 0 Å². The number of hydrogen-bond donors (Lipinski definition) is 0. The highest BCUT2D eigenvalue weighted by atomic mass is 16.3. The molecule has 0 atom stereocenters. The number of carbonyl (C=O) groups is 1. The van der Waals surface area contributed by atoms with Crippen molar-refractivity contribution >= 4 is 16.6 Å². The molecule has 0 aliphatic heterocycles. The molecule has 106 valence electrons. The van der Waals surface area contributed by atoms with E-state index in [1.165, 1.54) is 5.39 Å². The lowest BCUT2D eigenvalue weighted by Crippen LogP contribution is -2.06. The van der Waals surface area contributed by atoms with Crippen LogP contribution in [-0.2, 0) is 6.42 Å². The van der Waals surface area contributed by atoms with Crippen molar-refractivity contribution in [1.82, 2.24) is 0 Å². The van der Waals surface area contributed by atoms with Crippen molar-refractivity contribution in [2.75, 3.05) is 0 Å². The Kier molecular flexibility index (Phi) is 3.38. The Morgan fingerprint density at radius 2 is 1.67 bits per heavy atom. The Bertz CT molecular complexity index is 819. The second kappa shape index (κ2) is 5.21. The fourth-order valence-corrected chi connectivity index (χ4v) is 2.91. The van der Waals surface area contributed by atoms with Crippen LogP contribution in [0.4, 0.5) is 0 Å². The lowest BCUT2D eigenvalue weighted by atomic mass is 9.96. The van der Waals surface area contributed by atoms with E-state index < -0.39 is 0 Å². The van der Waals surface area contributed by atoms with Crippen LogP contribution in [0.5, 0.6) is 0 Å². The molecule has 0 saturated carbocycles. The van der Waals surface area contributed by atoms with Gasteiger partial charge in [0.25, 0.3) is 0 Å². The zero-order valence-electron chi connectivity index (χ0n) is 12.6. The van der Waals surface area contributed by atoms with Crippen molar-refractivity contribution in [2.24, 2.45) is 0 Å². The molecule has 0 aliphatic carbocycles. The minimum absolute atomic E-state index is 0.123. The molecule has 0 amide bonds.